The van der Waals surface area contributed by atoms with Crippen molar-refractivity contribution in [2.75, 3.05) is 5.32 Å². The smallest absolute Gasteiger partial charge is 0.341 e. The van der Waals surface area contributed by atoms with E-state index in [9.17, 15) is 17.2 Å². The van der Waals surface area contributed by atoms with Crippen LogP contribution in [-0.2, 0) is 9.84 Å². The Bertz CT molecular complexity index is 712. The van der Waals surface area contributed by atoms with E-state index in [1.54, 1.807) is 0 Å². The molecule has 0 saturated heterocycles. The number of halogens is 2. The zero-order valence-electron chi connectivity index (χ0n) is 11.4. The van der Waals surface area contributed by atoms with Crippen LogP contribution >= 0.6 is 11.3 Å². The predicted molar refractivity (Wildman–Crippen MR) is 78.5 cm³/mol. The average molecular weight is 332 g/mol. The molecule has 21 heavy (non-hydrogen) atoms. The molecule has 1 aromatic heterocycles. The highest BCUT2D eigenvalue weighted by Gasteiger charge is 2.26. The minimum Gasteiger partial charge on any atom is -0.376 e. The molecule has 0 amide bonds. The Labute approximate surface area is 125 Å². The molecule has 1 aromatic carbocycles. The molecule has 0 bridgehead atoms. The standard InChI is InChI=1S/C13H14F2N2O2S2/c1-8-7-20-12(16-8)9(2)17-10-3-5-11(6-4-10)21(18,19)13(14)15/h3-7,9,13,17H,1-2H3. The molecule has 4 nitrogen and oxygen atoms in total. The van der Waals surface area contributed by atoms with E-state index >= 15 is 0 Å². The number of aromatic nitrogens is 1. The Kier molecular flexibility index (Phi) is 4.58. The summed E-state index contributed by atoms with van der Waals surface area (Å²) in [6, 6.07) is 5.22. The molecule has 2 aromatic rings. The number of aryl methyl sites for hydroxylation is 1. The van der Waals surface area contributed by atoms with Crippen LogP contribution in [0.5, 0.6) is 0 Å². The molecule has 1 heterocycles. The quantitative estimate of drug-likeness (QED) is 0.908. The van der Waals surface area contributed by atoms with Crippen molar-refractivity contribution in [2.24, 2.45) is 0 Å². The number of nitrogens with one attached hydrogen (secondary N) is 1. The topological polar surface area (TPSA) is 59.1 Å². The number of anilines is 1. The van der Waals surface area contributed by atoms with Crippen molar-refractivity contribution in [3.05, 3.63) is 40.3 Å². The van der Waals surface area contributed by atoms with Crippen LogP contribution in [0.1, 0.15) is 23.7 Å². The zero-order valence-corrected chi connectivity index (χ0v) is 13.0. The summed E-state index contributed by atoms with van der Waals surface area (Å²) in [5.74, 6) is -3.41. The highest BCUT2D eigenvalue weighted by Crippen LogP contribution is 2.24. The lowest BCUT2D eigenvalue weighted by molar-refractivity contribution is 0.234. The first-order chi connectivity index (χ1) is 9.80. The molecule has 0 aliphatic rings. The first-order valence-electron chi connectivity index (χ1n) is 6.11. The van der Waals surface area contributed by atoms with E-state index in [0.717, 1.165) is 10.7 Å². The fourth-order valence-corrected chi connectivity index (χ4v) is 3.25. The molecular formula is C13H14F2N2O2S2. The van der Waals surface area contributed by atoms with E-state index in [1.165, 1.54) is 35.6 Å². The Balaban J connectivity index is 2.13. The molecule has 0 saturated carbocycles. The van der Waals surface area contributed by atoms with Crippen molar-refractivity contribution in [3.8, 4) is 0 Å². The van der Waals surface area contributed by atoms with Crippen LogP contribution in [0.15, 0.2) is 34.5 Å². The first-order valence-corrected chi connectivity index (χ1v) is 8.54. The molecular weight excluding hydrogens is 318 g/mol. The normalized spacial score (nSPS) is 13.4. The summed E-state index contributed by atoms with van der Waals surface area (Å²) in [7, 11) is -4.54. The molecule has 2 rings (SSSR count). The van der Waals surface area contributed by atoms with E-state index in [2.05, 4.69) is 10.3 Å². The van der Waals surface area contributed by atoms with Crippen molar-refractivity contribution < 1.29 is 17.2 Å². The third-order valence-corrected chi connectivity index (χ3v) is 5.35. The van der Waals surface area contributed by atoms with Gasteiger partial charge in [0.15, 0.2) is 0 Å². The minimum atomic E-state index is -4.54. The lowest BCUT2D eigenvalue weighted by atomic mass is 10.3. The maximum atomic E-state index is 12.4. The van der Waals surface area contributed by atoms with Crippen LogP contribution in [0, 0.1) is 6.92 Å². The van der Waals surface area contributed by atoms with Gasteiger partial charge in [0.1, 0.15) is 5.01 Å². The van der Waals surface area contributed by atoms with Crippen LogP contribution in [0.3, 0.4) is 0 Å². The van der Waals surface area contributed by atoms with Crippen LogP contribution in [0.25, 0.3) is 0 Å². The Morgan fingerprint density at radius 2 is 1.86 bits per heavy atom. The molecule has 1 N–H and O–H groups in total. The van der Waals surface area contributed by atoms with Gasteiger partial charge in [0.25, 0.3) is 0 Å². The number of hydrogen-bond acceptors (Lipinski definition) is 5. The van der Waals surface area contributed by atoms with Gasteiger partial charge < -0.3 is 5.32 Å². The van der Waals surface area contributed by atoms with Crippen molar-refractivity contribution >= 4 is 26.9 Å². The molecule has 0 spiro atoms. The van der Waals surface area contributed by atoms with E-state index < -0.39 is 15.6 Å². The van der Waals surface area contributed by atoms with Crippen molar-refractivity contribution in [1.29, 1.82) is 0 Å². The lowest BCUT2D eigenvalue weighted by Crippen LogP contribution is -2.11. The van der Waals surface area contributed by atoms with Gasteiger partial charge in [-0.15, -0.1) is 11.3 Å². The van der Waals surface area contributed by atoms with Gasteiger partial charge in [0.05, 0.1) is 10.9 Å². The maximum absolute atomic E-state index is 12.4. The fraction of sp³-hybridized carbons (Fsp3) is 0.308. The van der Waals surface area contributed by atoms with Crippen molar-refractivity contribution in [2.45, 2.75) is 30.5 Å². The number of sulfone groups is 1. The van der Waals surface area contributed by atoms with Gasteiger partial charge in [-0.1, -0.05) is 0 Å². The minimum absolute atomic E-state index is 0.0544. The van der Waals surface area contributed by atoms with Crippen LogP contribution in [0.4, 0.5) is 14.5 Å². The summed E-state index contributed by atoms with van der Waals surface area (Å²) < 4.78 is 47.5. The third-order valence-electron chi connectivity index (χ3n) is 2.81. The lowest BCUT2D eigenvalue weighted by Gasteiger charge is -2.13. The summed E-state index contributed by atoms with van der Waals surface area (Å²) in [5, 5.41) is 5.98. The van der Waals surface area contributed by atoms with E-state index in [0.29, 0.717) is 5.69 Å². The second-order valence-corrected chi connectivity index (χ2v) is 7.33. The Hall–Kier alpha value is -1.54. The van der Waals surface area contributed by atoms with Crippen molar-refractivity contribution in [1.82, 2.24) is 4.98 Å². The molecule has 114 valence electrons. The molecule has 0 aliphatic heterocycles. The Morgan fingerprint density at radius 3 is 2.33 bits per heavy atom. The van der Waals surface area contributed by atoms with Crippen LogP contribution < -0.4 is 5.32 Å². The number of alkyl halides is 2. The van der Waals surface area contributed by atoms with Crippen molar-refractivity contribution in [3.63, 3.8) is 0 Å². The van der Waals surface area contributed by atoms with E-state index in [4.69, 9.17) is 0 Å². The van der Waals surface area contributed by atoms with Gasteiger partial charge >= 0.3 is 5.76 Å². The molecule has 1 atom stereocenters. The number of nitrogens with zero attached hydrogens (tertiary/aromatic N) is 1. The van der Waals surface area contributed by atoms with Gasteiger partial charge in [-0.2, -0.15) is 8.78 Å². The molecule has 0 fully saturated rings. The van der Waals surface area contributed by atoms with Gasteiger partial charge in [0.2, 0.25) is 9.84 Å². The number of benzene rings is 1. The monoisotopic (exact) mass is 332 g/mol. The van der Waals surface area contributed by atoms with Crippen LogP contribution in [-0.4, -0.2) is 19.2 Å². The second kappa shape index (κ2) is 6.07. The van der Waals surface area contributed by atoms with Gasteiger partial charge in [-0.3, -0.25) is 0 Å². The summed E-state index contributed by atoms with van der Waals surface area (Å²) in [4.78, 5) is 3.96. The second-order valence-electron chi connectivity index (χ2n) is 4.52. The largest absolute Gasteiger partial charge is 0.376 e. The highest BCUT2D eigenvalue weighted by atomic mass is 32.2. The van der Waals surface area contributed by atoms with Gasteiger partial charge in [-0.05, 0) is 38.1 Å². The van der Waals surface area contributed by atoms with Crippen LogP contribution in [0.2, 0.25) is 0 Å². The third kappa shape index (κ3) is 3.56. The van der Waals surface area contributed by atoms with E-state index in [1.807, 2.05) is 19.2 Å². The number of hydrogen-bond donors (Lipinski definition) is 1. The molecule has 0 aliphatic carbocycles. The summed E-state index contributed by atoms with van der Waals surface area (Å²) in [5.41, 5.74) is 1.57. The Morgan fingerprint density at radius 1 is 1.24 bits per heavy atom. The van der Waals surface area contributed by atoms with E-state index in [-0.39, 0.29) is 10.9 Å². The maximum Gasteiger partial charge on any atom is 0.341 e. The summed E-state index contributed by atoms with van der Waals surface area (Å²) >= 11 is 1.52. The van der Waals surface area contributed by atoms with Gasteiger partial charge in [-0.25, -0.2) is 13.4 Å². The number of thiazole rings is 1. The molecule has 1 unspecified atom stereocenters. The highest BCUT2D eigenvalue weighted by molar-refractivity contribution is 7.91. The molecule has 0 radical (unpaired) electrons. The van der Waals surface area contributed by atoms with Gasteiger partial charge in [0, 0.05) is 16.8 Å². The SMILES string of the molecule is Cc1csc(C(C)Nc2ccc(S(=O)(=O)C(F)F)cc2)n1. The predicted octanol–water partition coefficient (Wildman–Crippen LogP) is 3.62. The average Bonchev–Trinajstić information content (AvgIpc) is 2.86. The summed E-state index contributed by atoms with van der Waals surface area (Å²) in [6.07, 6.45) is 0. The first kappa shape index (κ1) is 15.8. The molecule has 8 heteroatoms. The number of rotatable bonds is 5. The summed E-state index contributed by atoms with van der Waals surface area (Å²) in [6.45, 7) is 3.82. The fourth-order valence-electron chi connectivity index (χ4n) is 1.73. The zero-order chi connectivity index (χ0) is 15.6.